The summed E-state index contributed by atoms with van der Waals surface area (Å²) in [5, 5.41) is 16.7. The Kier molecular flexibility index (Phi) is 4.84. The van der Waals surface area contributed by atoms with E-state index in [1.54, 1.807) is 23.9 Å². The van der Waals surface area contributed by atoms with Gasteiger partial charge in [-0.25, -0.2) is 17.8 Å². The molecule has 0 unspecified atom stereocenters. The molecule has 1 aromatic carbocycles. The Bertz CT molecular complexity index is 753. The first-order valence-electron chi connectivity index (χ1n) is 7.15. The normalized spacial score (nSPS) is 12.9. The van der Waals surface area contributed by atoms with Crippen LogP contribution in [0.5, 0.6) is 0 Å². The summed E-state index contributed by atoms with van der Waals surface area (Å²) in [5.74, 6) is 0. The maximum absolute atomic E-state index is 12.4. The lowest BCUT2D eigenvalue weighted by atomic mass is 9.88. The van der Waals surface area contributed by atoms with Gasteiger partial charge < -0.3 is 5.11 Å². The zero-order chi connectivity index (χ0) is 16.4. The standard InChI is InChI=1S/C14H22N4O3S/c1-14(2,7-4-8-19)10-15-22(20,21)11-5-6-13-12(9-11)16-17-18(13)3/h5-6,9,15,19H,4,7-8,10H2,1-3H3. The van der Waals surface area contributed by atoms with Gasteiger partial charge in [-0.05, 0) is 36.5 Å². The van der Waals surface area contributed by atoms with Crippen LogP contribution in [0.4, 0.5) is 0 Å². The summed E-state index contributed by atoms with van der Waals surface area (Å²) in [4.78, 5) is 0.179. The SMILES string of the molecule is Cn1nnc2cc(S(=O)(=O)NCC(C)(C)CCCO)ccc21. The highest BCUT2D eigenvalue weighted by molar-refractivity contribution is 7.89. The Labute approximate surface area is 130 Å². The first-order chi connectivity index (χ1) is 10.2. The number of hydrogen-bond acceptors (Lipinski definition) is 5. The molecule has 1 aromatic heterocycles. The van der Waals surface area contributed by atoms with E-state index in [-0.39, 0.29) is 16.9 Å². The van der Waals surface area contributed by atoms with Gasteiger partial charge in [-0.1, -0.05) is 19.1 Å². The van der Waals surface area contributed by atoms with Gasteiger partial charge >= 0.3 is 0 Å². The van der Waals surface area contributed by atoms with Crippen molar-refractivity contribution in [2.24, 2.45) is 12.5 Å². The van der Waals surface area contributed by atoms with Gasteiger partial charge in [0.05, 0.1) is 10.4 Å². The van der Waals surface area contributed by atoms with Crippen molar-refractivity contribution in [3.63, 3.8) is 0 Å². The largest absolute Gasteiger partial charge is 0.396 e. The third kappa shape index (κ3) is 3.82. The predicted molar refractivity (Wildman–Crippen MR) is 83.8 cm³/mol. The number of sulfonamides is 1. The van der Waals surface area contributed by atoms with Crippen LogP contribution in [0.2, 0.25) is 0 Å². The second kappa shape index (κ2) is 6.31. The first-order valence-corrected chi connectivity index (χ1v) is 8.63. The van der Waals surface area contributed by atoms with Crippen molar-refractivity contribution in [1.29, 1.82) is 0 Å². The molecule has 0 spiro atoms. The number of benzene rings is 1. The minimum Gasteiger partial charge on any atom is -0.396 e. The summed E-state index contributed by atoms with van der Waals surface area (Å²) in [6, 6.07) is 4.76. The van der Waals surface area contributed by atoms with Crippen molar-refractivity contribution < 1.29 is 13.5 Å². The average Bonchev–Trinajstić information content (AvgIpc) is 2.84. The molecule has 122 valence electrons. The van der Waals surface area contributed by atoms with Gasteiger partial charge in [0.15, 0.2) is 0 Å². The number of aromatic nitrogens is 3. The van der Waals surface area contributed by atoms with Crippen molar-refractivity contribution in [3.8, 4) is 0 Å². The van der Waals surface area contributed by atoms with E-state index >= 15 is 0 Å². The Morgan fingerprint density at radius 2 is 2.09 bits per heavy atom. The number of nitrogens with one attached hydrogen (secondary N) is 1. The Balaban J connectivity index is 2.14. The average molecular weight is 326 g/mol. The molecule has 2 N–H and O–H groups in total. The highest BCUT2D eigenvalue weighted by Crippen LogP contribution is 2.22. The molecule has 0 aliphatic rings. The zero-order valence-electron chi connectivity index (χ0n) is 13.1. The van der Waals surface area contributed by atoms with Crippen LogP contribution in [0.3, 0.4) is 0 Å². The molecule has 0 radical (unpaired) electrons. The second-order valence-corrected chi connectivity index (χ2v) is 7.95. The minimum absolute atomic E-state index is 0.111. The van der Waals surface area contributed by atoms with Crippen molar-refractivity contribution in [2.75, 3.05) is 13.2 Å². The van der Waals surface area contributed by atoms with Gasteiger partial charge in [0.1, 0.15) is 5.52 Å². The second-order valence-electron chi connectivity index (χ2n) is 6.18. The Morgan fingerprint density at radius 3 is 2.77 bits per heavy atom. The van der Waals surface area contributed by atoms with E-state index < -0.39 is 10.0 Å². The molecule has 0 saturated heterocycles. The van der Waals surface area contributed by atoms with Crippen LogP contribution >= 0.6 is 0 Å². The number of aliphatic hydroxyl groups is 1. The predicted octanol–water partition coefficient (Wildman–Crippen LogP) is 1.05. The number of fused-ring (bicyclic) bond motifs is 1. The van der Waals surface area contributed by atoms with Crippen molar-refractivity contribution in [3.05, 3.63) is 18.2 Å². The van der Waals surface area contributed by atoms with Crippen LogP contribution in [0.25, 0.3) is 11.0 Å². The quantitative estimate of drug-likeness (QED) is 0.792. The van der Waals surface area contributed by atoms with Crippen LogP contribution in [-0.2, 0) is 17.1 Å². The van der Waals surface area contributed by atoms with E-state index in [1.165, 1.54) is 6.07 Å². The van der Waals surface area contributed by atoms with E-state index in [0.29, 0.717) is 18.5 Å². The van der Waals surface area contributed by atoms with Crippen LogP contribution in [-0.4, -0.2) is 41.7 Å². The molecule has 0 aliphatic heterocycles. The van der Waals surface area contributed by atoms with E-state index in [0.717, 1.165) is 11.9 Å². The molecule has 0 fully saturated rings. The van der Waals surface area contributed by atoms with Crippen molar-refractivity contribution in [2.45, 2.75) is 31.6 Å². The summed E-state index contributed by atoms with van der Waals surface area (Å²) >= 11 is 0. The van der Waals surface area contributed by atoms with Crippen LogP contribution < -0.4 is 4.72 Å². The lowest BCUT2D eigenvalue weighted by molar-refractivity contribution is 0.242. The molecule has 0 amide bonds. The number of rotatable bonds is 7. The summed E-state index contributed by atoms with van der Waals surface area (Å²) in [6.45, 7) is 4.36. The van der Waals surface area contributed by atoms with Gasteiger partial charge in [0.2, 0.25) is 10.0 Å². The molecule has 7 nitrogen and oxygen atoms in total. The maximum atomic E-state index is 12.4. The third-order valence-corrected chi connectivity index (χ3v) is 5.04. The van der Waals surface area contributed by atoms with Gasteiger partial charge in [-0.2, -0.15) is 0 Å². The molecule has 0 atom stereocenters. The lowest BCUT2D eigenvalue weighted by Crippen LogP contribution is -2.34. The number of nitrogens with zero attached hydrogens (tertiary/aromatic N) is 3. The van der Waals surface area contributed by atoms with Gasteiger partial charge in [0, 0.05) is 20.2 Å². The van der Waals surface area contributed by atoms with Crippen LogP contribution in [0.15, 0.2) is 23.1 Å². The molecule has 1 heterocycles. The smallest absolute Gasteiger partial charge is 0.240 e. The molecule has 0 bridgehead atoms. The summed E-state index contributed by atoms with van der Waals surface area (Å²) in [6.07, 6.45) is 1.40. The van der Waals surface area contributed by atoms with Gasteiger partial charge in [-0.15, -0.1) is 5.10 Å². The molecule has 8 heteroatoms. The summed E-state index contributed by atoms with van der Waals surface area (Å²) in [7, 11) is -1.83. The molecule has 0 saturated carbocycles. The van der Waals surface area contributed by atoms with Crippen molar-refractivity contribution in [1.82, 2.24) is 19.7 Å². The third-order valence-electron chi connectivity index (χ3n) is 3.64. The summed E-state index contributed by atoms with van der Waals surface area (Å²) in [5.41, 5.74) is 1.11. The van der Waals surface area contributed by atoms with Gasteiger partial charge in [0.25, 0.3) is 0 Å². The molecule has 22 heavy (non-hydrogen) atoms. The van der Waals surface area contributed by atoms with E-state index in [1.807, 2.05) is 13.8 Å². The first kappa shape index (κ1) is 16.9. The van der Waals surface area contributed by atoms with Crippen LogP contribution in [0, 0.1) is 5.41 Å². The zero-order valence-corrected chi connectivity index (χ0v) is 13.9. The lowest BCUT2D eigenvalue weighted by Gasteiger charge is -2.24. The highest BCUT2D eigenvalue weighted by Gasteiger charge is 2.22. The molecular weight excluding hydrogens is 304 g/mol. The Hall–Kier alpha value is -1.51. The van der Waals surface area contributed by atoms with E-state index in [4.69, 9.17) is 5.11 Å². The van der Waals surface area contributed by atoms with E-state index in [9.17, 15) is 8.42 Å². The fourth-order valence-electron chi connectivity index (χ4n) is 2.21. The monoisotopic (exact) mass is 326 g/mol. The molecule has 2 aromatic rings. The summed E-state index contributed by atoms with van der Waals surface area (Å²) < 4.78 is 29.0. The fourth-order valence-corrected chi connectivity index (χ4v) is 3.47. The number of aliphatic hydroxyl groups excluding tert-OH is 1. The highest BCUT2D eigenvalue weighted by atomic mass is 32.2. The fraction of sp³-hybridized carbons (Fsp3) is 0.571. The van der Waals surface area contributed by atoms with Crippen LogP contribution in [0.1, 0.15) is 26.7 Å². The van der Waals surface area contributed by atoms with E-state index in [2.05, 4.69) is 15.0 Å². The number of hydrogen-bond donors (Lipinski definition) is 2. The Morgan fingerprint density at radius 1 is 1.36 bits per heavy atom. The van der Waals surface area contributed by atoms with Crippen molar-refractivity contribution >= 4 is 21.1 Å². The minimum atomic E-state index is -3.59. The maximum Gasteiger partial charge on any atom is 0.240 e. The molecule has 0 aliphatic carbocycles. The molecular formula is C14H22N4O3S. The number of aryl methyl sites for hydroxylation is 1. The molecule has 2 rings (SSSR count). The van der Waals surface area contributed by atoms with Gasteiger partial charge in [-0.3, -0.25) is 0 Å². The topological polar surface area (TPSA) is 97.1 Å².